The summed E-state index contributed by atoms with van der Waals surface area (Å²) in [4.78, 5) is 4.17. The molecule has 0 amide bonds. The van der Waals surface area contributed by atoms with Crippen LogP contribution in [0.2, 0.25) is 0 Å². The zero-order chi connectivity index (χ0) is 26.0. The molecule has 1 aliphatic rings. The lowest BCUT2D eigenvalue weighted by atomic mass is 9.92. The Morgan fingerprint density at radius 2 is 1.89 bits per heavy atom. The van der Waals surface area contributed by atoms with E-state index in [4.69, 9.17) is 4.74 Å². The number of fused-ring (bicyclic) bond motifs is 1. The molecular weight excluding hydrogens is 486 g/mol. The van der Waals surface area contributed by atoms with Gasteiger partial charge in [-0.3, -0.25) is 4.72 Å². The summed E-state index contributed by atoms with van der Waals surface area (Å²) in [5, 5.41) is 20.4. The van der Waals surface area contributed by atoms with Gasteiger partial charge in [-0.1, -0.05) is 19.1 Å². The zero-order valence-electron chi connectivity index (χ0n) is 20.3. The average Bonchev–Trinajstić information content (AvgIpc) is 3.16. The van der Waals surface area contributed by atoms with Crippen LogP contribution in [0.1, 0.15) is 49.8 Å². The first-order valence-corrected chi connectivity index (χ1v) is 13.8. The Kier molecular flexibility index (Phi) is 6.56. The Morgan fingerprint density at radius 3 is 2.54 bits per heavy atom. The highest BCUT2D eigenvalue weighted by atomic mass is 32.2. The molecular formula is C28H25N5O3S. The molecule has 0 atom stereocenters. The quantitative estimate of drug-likeness (QED) is 0.304. The molecule has 1 aliphatic carbocycles. The highest BCUT2D eigenvalue weighted by Gasteiger charge is 2.28. The Hall–Kier alpha value is -4.34. The van der Waals surface area contributed by atoms with Crippen LogP contribution in [-0.4, -0.2) is 23.7 Å². The molecule has 0 aliphatic heterocycles. The van der Waals surface area contributed by atoms with Crippen molar-refractivity contribution in [2.75, 3.05) is 10.5 Å². The molecule has 1 fully saturated rings. The topological polar surface area (TPSA) is 121 Å². The van der Waals surface area contributed by atoms with Gasteiger partial charge < -0.3 is 9.30 Å². The molecule has 2 heterocycles. The van der Waals surface area contributed by atoms with Crippen molar-refractivity contribution in [1.82, 2.24) is 9.55 Å². The first kappa shape index (κ1) is 24.4. The van der Waals surface area contributed by atoms with Gasteiger partial charge in [0.2, 0.25) is 15.9 Å². The van der Waals surface area contributed by atoms with E-state index in [1.165, 1.54) is 0 Å². The van der Waals surface area contributed by atoms with Crippen molar-refractivity contribution >= 4 is 26.6 Å². The maximum atomic E-state index is 12.2. The van der Waals surface area contributed by atoms with Crippen LogP contribution in [0.4, 0.5) is 5.69 Å². The van der Waals surface area contributed by atoms with Crippen molar-refractivity contribution in [1.29, 1.82) is 10.5 Å². The lowest BCUT2D eigenvalue weighted by molar-refractivity contribution is 0.324. The van der Waals surface area contributed by atoms with Crippen LogP contribution in [-0.2, 0) is 10.0 Å². The Bertz CT molecular complexity index is 1660. The summed E-state index contributed by atoms with van der Waals surface area (Å²) in [6.45, 7) is 1.82. The van der Waals surface area contributed by atoms with Gasteiger partial charge in [0.15, 0.2) is 0 Å². The molecule has 1 N–H and O–H groups in total. The van der Waals surface area contributed by atoms with E-state index in [-0.39, 0.29) is 17.7 Å². The molecule has 4 aromatic rings. The summed E-state index contributed by atoms with van der Waals surface area (Å²) < 4.78 is 35.1. The highest BCUT2D eigenvalue weighted by Crippen LogP contribution is 2.43. The summed E-state index contributed by atoms with van der Waals surface area (Å²) in [6.07, 6.45) is 5.26. The number of sulfonamides is 1. The molecule has 0 saturated heterocycles. The normalized spacial score (nSPS) is 13.5. The minimum absolute atomic E-state index is 0.0576. The Morgan fingerprint density at radius 1 is 1.11 bits per heavy atom. The van der Waals surface area contributed by atoms with Crippen molar-refractivity contribution in [3.8, 4) is 35.0 Å². The number of benzene rings is 2. The lowest BCUT2D eigenvalue weighted by Crippen LogP contribution is -2.18. The van der Waals surface area contributed by atoms with Crippen LogP contribution in [0.3, 0.4) is 0 Å². The number of nitrogens with one attached hydrogen (secondary N) is 1. The maximum Gasteiger partial charge on any atom is 0.237 e. The summed E-state index contributed by atoms with van der Waals surface area (Å²) in [7, 11) is -3.39. The number of ether oxygens (including phenoxy) is 1. The molecule has 0 unspecified atom stereocenters. The van der Waals surface area contributed by atoms with E-state index in [2.05, 4.69) is 26.4 Å². The second-order valence-corrected chi connectivity index (χ2v) is 10.9. The van der Waals surface area contributed by atoms with Crippen molar-refractivity contribution in [3.05, 3.63) is 71.9 Å². The summed E-state index contributed by atoms with van der Waals surface area (Å²) >= 11 is 0. The van der Waals surface area contributed by atoms with E-state index in [1.54, 1.807) is 30.5 Å². The van der Waals surface area contributed by atoms with Crippen LogP contribution < -0.4 is 9.46 Å². The fraction of sp³-hybridized carbons (Fsp3) is 0.250. The third-order valence-corrected chi connectivity index (χ3v) is 8.03. The van der Waals surface area contributed by atoms with Gasteiger partial charge in [0.05, 0.1) is 22.5 Å². The van der Waals surface area contributed by atoms with E-state index in [9.17, 15) is 18.9 Å². The number of nitriles is 2. The van der Waals surface area contributed by atoms with Gasteiger partial charge in [0, 0.05) is 23.3 Å². The molecule has 5 rings (SSSR count). The van der Waals surface area contributed by atoms with Gasteiger partial charge in [-0.05, 0) is 73.7 Å². The van der Waals surface area contributed by atoms with Crippen molar-refractivity contribution in [3.63, 3.8) is 0 Å². The third kappa shape index (κ3) is 4.74. The number of hydrogen-bond acceptors (Lipinski definition) is 6. The van der Waals surface area contributed by atoms with Crippen LogP contribution in [0.5, 0.6) is 11.6 Å². The van der Waals surface area contributed by atoms with E-state index in [1.807, 2.05) is 37.3 Å². The highest BCUT2D eigenvalue weighted by molar-refractivity contribution is 7.92. The molecule has 2 aromatic heterocycles. The van der Waals surface area contributed by atoms with Crippen molar-refractivity contribution in [2.45, 2.75) is 38.6 Å². The second kappa shape index (κ2) is 9.96. The first-order chi connectivity index (χ1) is 17.9. The van der Waals surface area contributed by atoms with Crippen LogP contribution in [0.15, 0.2) is 60.8 Å². The van der Waals surface area contributed by atoms with E-state index in [0.29, 0.717) is 29.0 Å². The lowest BCUT2D eigenvalue weighted by Gasteiger charge is -2.30. The molecule has 8 nitrogen and oxygen atoms in total. The molecule has 9 heteroatoms. The number of pyridine rings is 1. The van der Waals surface area contributed by atoms with E-state index >= 15 is 0 Å². The fourth-order valence-electron chi connectivity index (χ4n) is 4.64. The molecule has 0 bridgehead atoms. The molecule has 2 aromatic carbocycles. The predicted molar refractivity (Wildman–Crippen MR) is 142 cm³/mol. The van der Waals surface area contributed by atoms with Gasteiger partial charge in [-0.15, -0.1) is 0 Å². The van der Waals surface area contributed by atoms with Gasteiger partial charge in [0.25, 0.3) is 0 Å². The average molecular weight is 512 g/mol. The van der Waals surface area contributed by atoms with Crippen molar-refractivity contribution in [2.24, 2.45) is 0 Å². The zero-order valence-corrected chi connectivity index (χ0v) is 21.1. The number of aromatic nitrogens is 2. The molecule has 1 saturated carbocycles. The standard InChI is InChI=1S/C28H25N5O3S/c1-2-15-37(34,35)32-21-10-8-19(9-11-21)27-25(18-30)24-16-23(36-28-20(17-29)5-4-14-31-28)12-13-26(24)33(27)22-6-3-7-22/h4-5,8-14,16,22,32H,2-3,6-7,15H2,1H3. The minimum Gasteiger partial charge on any atom is -0.438 e. The first-order valence-electron chi connectivity index (χ1n) is 12.2. The smallest absolute Gasteiger partial charge is 0.237 e. The fourth-order valence-corrected chi connectivity index (χ4v) is 5.78. The molecule has 37 heavy (non-hydrogen) atoms. The van der Waals surface area contributed by atoms with Gasteiger partial charge >= 0.3 is 0 Å². The molecule has 186 valence electrons. The summed E-state index contributed by atoms with van der Waals surface area (Å²) in [5.41, 5.74) is 3.90. The Balaban J connectivity index is 1.59. The van der Waals surface area contributed by atoms with Crippen molar-refractivity contribution < 1.29 is 13.2 Å². The Labute approximate surface area is 215 Å². The SMILES string of the molecule is CCCS(=O)(=O)Nc1ccc(-c2c(C#N)c3cc(Oc4ncccc4C#N)ccc3n2C2CCC2)cc1. The maximum absolute atomic E-state index is 12.2. The summed E-state index contributed by atoms with van der Waals surface area (Å²) in [6, 6.07) is 20.8. The van der Waals surface area contributed by atoms with Gasteiger partial charge in [0.1, 0.15) is 23.5 Å². The molecule has 0 spiro atoms. The second-order valence-electron chi connectivity index (χ2n) is 9.04. The van der Waals surface area contributed by atoms with Crippen LogP contribution in [0.25, 0.3) is 22.2 Å². The van der Waals surface area contributed by atoms with Gasteiger partial charge in [-0.2, -0.15) is 10.5 Å². The third-order valence-electron chi connectivity index (χ3n) is 6.54. The van der Waals surface area contributed by atoms with E-state index in [0.717, 1.165) is 41.4 Å². The monoisotopic (exact) mass is 511 g/mol. The van der Waals surface area contributed by atoms with Gasteiger partial charge in [-0.25, -0.2) is 13.4 Å². The number of anilines is 1. The summed E-state index contributed by atoms with van der Waals surface area (Å²) in [5.74, 6) is 0.752. The number of nitrogens with zero attached hydrogens (tertiary/aromatic N) is 4. The predicted octanol–water partition coefficient (Wildman–Crippen LogP) is 6.12. The number of rotatable bonds is 8. The molecule has 0 radical (unpaired) electrons. The largest absolute Gasteiger partial charge is 0.438 e. The van der Waals surface area contributed by atoms with Crippen LogP contribution >= 0.6 is 0 Å². The van der Waals surface area contributed by atoms with E-state index < -0.39 is 10.0 Å². The minimum atomic E-state index is -3.39. The number of hydrogen-bond donors (Lipinski definition) is 1. The van der Waals surface area contributed by atoms with Crippen LogP contribution in [0, 0.1) is 22.7 Å².